The van der Waals surface area contributed by atoms with E-state index in [2.05, 4.69) is 18.7 Å². The Bertz CT molecular complexity index is 466. The van der Waals surface area contributed by atoms with Crippen molar-refractivity contribution in [2.75, 3.05) is 17.2 Å². The number of anilines is 2. The first-order valence-corrected chi connectivity index (χ1v) is 6.46. The van der Waals surface area contributed by atoms with E-state index in [1.807, 2.05) is 0 Å². The summed E-state index contributed by atoms with van der Waals surface area (Å²) in [6, 6.07) is 3.63. The molecule has 1 aromatic carbocycles. The molecule has 0 atom stereocenters. The highest BCUT2D eigenvalue weighted by atomic mass is 19.4. The molecule has 0 amide bonds. The van der Waals surface area contributed by atoms with E-state index in [0.717, 1.165) is 37.9 Å². The number of hydrogen-bond donors (Lipinski definition) is 1. The van der Waals surface area contributed by atoms with Crippen LogP contribution in [0.25, 0.3) is 0 Å². The Morgan fingerprint density at radius 1 is 1.21 bits per heavy atom. The van der Waals surface area contributed by atoms with Crippen molar-refractivity contribution < 1.29 is 13.2 Å². The Hall–Kier alpha value is -1.39. The van der Waals surface area contributed by atoms with Crippen LogP contribution in [-0.2, 0) is 6.18 Å². The highest BCUT2D eigenvalue weighted by Gasteiger charge is 2.34. The molecule has 0 radical (unpaired) electrons. The highest BCUT2D eigenvalue weighted by Crippen LogP contribution is 2.38. The molecule has 1 fully saturated rings. The predicted molar refractivity (Wildman–Crippen MR) is 71.1 cm³/mol. The molecule has 0 spiro atoms. The Labute approximate surface area is 111 Å². The second-order valence-corrected chi connectivity index (χ2v) is 5.69. The molecule has 0 bridgehead atoms. The molecular weight excluding hydrogens is 253 g/mol. The van der Waals surface area contributed by atoms with Crippen molar-refractivity contribution in [1.82, 2.24) is 0 Å². The molecule has 2 nitrogen and oxygen atoms in total. The fourth-order valence-electron chi connectivity index (χ4n) is 2.69. The number of rotatable bonds is 1. The topological polar surface area (TPSA) is 29.3 Å². The Kier molecular flexibility index (Phi) is 3.41. The molecule has 1 saturated heterocycles. The fourth-order valence-corrected chi connectivity index (χ4v) is 2.69. The Morgan fingerprint density at radius 3 is 2.42 bits per heavy atom. The molecule has 0 aromatic heterocycles. The normalized spacial score (nSPS) is 19.5. The Morgan fingerprint density at radius 2 is 1.89 bits per heavy atom. The van der Waals surface area contributed by atoms with Gasteiger partial charge < -0.3 is 10.6 Å². The van der Waals surface area contributed by atoms with Crippen LogP contribution in [0.15, 0.2) is 18.2 Å². The molecule has 2 N–H and O–H groups in total. The van der Waals surface area contributed by atoms with E-state index in [4.69, 9.17) is 5.73 Å². The van der Waals surface area contributed by atoms with E-state index in [1.54, 1.807) is 0 Å². The molecule has 5 heteroatoms. The summed E-state index contributed by atoms with van der Waals surface area (Å²) in [5.74, 6) is 0. The summed E-state index contributed by atoms with van der Waals surface area (Å²) in [7, 11) is 0. The number of nitrogens with zero attached hydrogens (tertiary/aromatic N) is 1. The lowest BCUT2D eigenvalue weighted by molar-refractivity contribution is -0.137. The van der Waals surface area contributed by atoms with Crippen LogP contribution in [0.5, 0.6) is 0 Å². The molecule has 0 saturated carbocycles. The van der Waals surface area contributed by atoms with Crippen molar-refractivity contribution >= 4 is 11.4 Å². The van der Waals surface area contributed by atoms with Crippen molar-refractivity contribution in [2.24, 2.45) is 0 Å². The van der Waals surface area contributed by atoms with Crippen LogP contribution in [-0.4, -0.2) is 12.1 Å². The molecule has 1 aromatic rings. The van der Waals surface area contributed by atoms with Crippen molar-refractivity contribution in [3.05, 3.63) is 23.8 Å². The van der Waals surface area contributed by atoms with Crippen molar-refractivity contribution in [3.8, 4) is 0 Å². The Balaban J connectivity index is 2.36. The molecule has 1 aliphatic rings. The fraction of sp³-hybridized carbons (Fsp3) is 0.571. The van der Waals surface area contributed by atoms with Gasteiger partial charge in [0.1, 0.15) is 0 Å². The van der Waals surface area contributed by atoms with Crippen molar-refractivity contribution in [2.45, 2.75) is 44.8 Å². The summed E-state index contributed by atoms with van der Waals surface area (Å²) in [6.45, 7) is 5.04. The minimum Gasteiger partial charge on any atom is -0.397 e. The SMILES string of the molecule is CC1(C)CCCCN1c1ccc(C(F)(F)F)cc1N. The first kappa shape index (κ1) is 14.0. The summed E-state index contributed by atoms with van der Waals surface area (Å²) in [4.78, 5) is 2.12. The molecule has 19 heavy (non-hydrogen) atoms. The van der Waals surface area contributed by atoms with Gasteiger partial charge in [-0.25, -0.2) is 0 Å². The molecule has 106 valence electrons. The lowest BCUT2D eigenvalue weighted by Gasteiger charge is -2.44. The van der Waals surface area contributed by atoms with Crippen LogP contribution in [0, 0.1) is 0 Å². The zero-order valence-corrected chi connectivity index (χ0v) is 11.2. The second kappa shape index (κ2) is 4.62. The molecule has 1 aliphatic heterocycles. The van der Waals surface area contributed by atoms with E-state index in [9.17, 15) is 13.2 Å². The van der Waals surface area contributed by atoms with Crippen LogP contribution in [0.1, 0.15) is 38.7 Å². The zero-order valence-electron chi connectivity index (χ0n) is 11.2. The average molecular weight is 272 g/mol. The summed E-state index contributed by atoms with van der Waals surface area (Å²) in [5.41, 5.74) is 5.98. The zero-order chi connectivity index (χ0) is 14.3. The van der Waals surface area contributed by atoms with Crippen molar-refractivity contribution in [1.29, 1.82) is 0 Å². The maximum absolute atomic E-state index is 12.6. The predicted octanol–water partition coefficient (Wildman–Crippen LogP) is 4.06. The molecule has 0 aliphatic carbocycles. The smallest absolute Gasteiger partial charge is 0.397 e. The number of piperidine rings is 1. The monoisotopic (exact) mass is 272 g/mol. The van der Waals surface area contributed by atoms with Crippen LogP contribution in [0.2, 0.25) is 0 Å². The maximum Gasteiger partial charge on any atom is 0.416 e. The van der Waals surface area contributed by atoms with E-state index in [-0.39, 0.29) is 11.2 Å². The van der Waals surface area contributed by atoms with Crippen LogP contribution < -0.4 is 10.6 Å². The van der Waals surface area contributed by atoms with Gasteiger partial charge in [-0.2, -0.15) is 13.2 Å². The lowest BCUT2D eigenvalue weighted by Crippen LogP contribution is -2.47. The average Bonchev–Trinajstić information content (AvgIpc) is 2.28. The number of halogens is 3. The third-order valence-electron chi connectivity index (χ3n) is 3.80. The molecule has 1 heterocycles. The van der Waals surface area contributed by atoms with Gasteiger partial charge in [-0.15, -0.1) is 0 Å². The quantitative estimate of drug-likeness (QED) is 0.781. The van der Waals surface area contributed by atoms with Gasteiger partial charge in [-0.3, -0.25) is 0 Å². The number of benzene rings is 1. The summed E-state index contributed by atoms with van der Waals surface area (Å²) in [6.07, 6.45) is -1.13. The van der Waals surface area contributed by atoms with Gasteiger partial charge in [0.25, 0.3) is 0 Å². The third kappa shape index (κ3) is 2.80. The van der Waals surface area contributed by atoms with E-state index in [0.29, 0.717) is 5.69 Å². The van der Waals surface area contributed by atoms with Gasteiger partial charge >= 0.3 is 6.18 Å². The first-order chi connectivity index (χ1) is 8.72. The molecule has 0 unspecified atom stereocenters. The van der Waals surface area contributed by atoms with Gasteiger partial charge in [0.15, 0.2) is 0 Å². The van der Waals surface area contributed by atoms with Gasteiger partial charge in [-0.1, -0.05) is 0 Å². The summed E-state index contributed by atoms with van der Waals surface area (Å²) in [5, 5.41) is 0. The van der Waals surface area contributed by atoms with Gasteiger partial charge in [0, 0.05) is 12.1 Å². The number of nitrogen functional groups attached to an aromatic ring is 1. The lowest BCUT2D eigenvalue weighted by atomic mass is 9.89. The number of hydrogen-bond acceptors (Lipinski definition) is 2. The van der Waals surface area contributed by atoms with Crippen LogP contribution in [0.3, 0.4) is 0 Å². The minimum atomic E-state index is -4.34. The maximum atomic E-state index is 12.6. The molecular formula is C14H19F3N2. The van der Waals surface area contributed by atoms with E-state index >= 15 is 0 Å². The standard InChI is InChI=1S/C14H19F3N2/c1-13(2)7-3-4-8-19(13)12-6-5-10(9-11(12)18)14(15,16)17/h5-6,9H,3-4,7-8,18H2,1-2H3. The third-order valence-corrected chi connectivity index (χ3v) is 3.80. The highest BCUT2D eigenvalue weighted by molar-refractivity contribution is 5.70. The summed E-state index contributed by atoms with van der Waals surface area (Å²) < 4.78 is 37.9. The minimum absolute atomic E-state index is 0.0634. The van der Waals surface area contributed by atoms with Gasteiger partial charge in [0.05, 0.1) is 16.9 Å². The van der Waals surface area contributed by atoms with E-state index < -0.39 is 11.7 Å². The van der Waals surface area contributed by atoms with E-state index in [1.165, 1.54) is 6.07 Å². The largest absolute Gasteiger partial charge is 0.416 e. The van der Waals surface area contributed by atoms with Crippen LogP contribution in [0.4, 0.5) is 24.5 Å². The first-order valence-electron chi connectivity index (χ1n) is 6.46. The second-order valence-electron chi connectivity index (χ2n) is 5.69. The van der Waals surface area contributed by atoms with Gasteiger partial charge in [0.2, 0.25) is 0 Å². The molecule has 2 rings (SSSR count). The van der Waals surface area contributed by atoms with Crippen LogP contribution >= 0.6 is 0 Å². The summed E-state index contributed by atoms with van der Waals surface area (Å²) >= 11 is 0. The van der Waals surface area contributed by atoms with Crippen molar-refractivity contribution in [3.63, 3.8) is 0 Å². The number of alkyl halides is 3. The number of nitrogens with two attached hydrogens (primary N) is 1. The van der Waals surface area contributed by atoms with Gasteiger partial charge in [-0.05, 0) is 51.3 Å².